The summed E-state index contributed by atoms with van der Waals surface area (Å²) in [6, 6.07) is 0.0973. The first kappa shape index (κ1) is 12.7. The van der Waals surface area contributed by atoms with Gasteiger partial charge in [-0.15, -0.1) is 6.58 Å². The topological polar surface area (TPSA) is 49.4 Å². The molecule has 4 heteroatoms. The smallest absolute Gasteiger partial charge is 0.239 e. The minimum Gasteiger partial charge on any atom is -0.352 e. The van der Waals surface area contributed by atoms with Crippen molar-refractivity contribution >= 4 is 11.8 Å². The van der Waals surface area contributed by atoms with Crippen LogP contribution in [-0.2, 0) is 9.59 Å². The van der Waals surface area contributed by atoms with E-state index in [0.717, 1.165) is 0 Å². The highest BCUT2D eigenvalue weighted by molar-refractivity contribution is 5.83. The molecule has 80 valence electrons. The number of rotatable bonds is 5. The van der Waals surface area contributed by atoms with Crippen molar-refractivity contribution in [2.45, 2.75) is 26.8 Å². The Balaban J connectivity index is 4.09. The molecule has 0 fully saturated rings. The first-order valence-corrected chi connectivity index (χ1v) is 4.63. The van der Waals surface area contributed by atoms with Gasteiger partial charge in [-0.1, -0.05) is 6.08 Å². The molecule has 0 radical (unpaired) electrons. The predicted molar refractivity (Wildman–Crippen MR) is 55.7 cm³/mol. The second-order valence-electron chi connectivity index (χ2n) is 3.41. The van der Waals surface area contributed by atoms with E-state index in [4.69, 9.17) is 0 Å². The number of nitrogens with zero attached hydrogens (tertiary/aromatic N) is 1. The molecule has 0 unspecified atom stereocenters. The quantitative estimate of drug-likeness (QED) is 0.656. The van der Waals surface area contributed by atoms with Gasteiger partial charge in [-0.3, -0.25) is 9.59 Å². The first-order valence-electron chi connectivity index (χ1n) is 4.63. The summed E-state index contributed by atoms with van der Waals surface area (Å²) in [5.74, 6) is -0.263. The van der Waals surface area contributed by atoms with Crippen molar-refractivity contribution in [1.29, 1.82) is 0 Å². The zero-order valence-electron chi connectivity index (χ0n) is 9.04. The van der Waals surface area contributed by atoms with Crippen LogP contribution in [0.25, 0.3) is 0 Å². The zero-order chi connectivity index (χ0) is 11.1. The van der Waals surface area contributed by atoms with Crippen LogP contribution in [0.5, 0.6) is 0 Å². The molecule has 2 amide bonds. The molecule has 0 aliphatic carbocycles. The Labute approximate surface area is 85.0 Å². The summed E-state index contributed by atoms with van der Waals surface area (Å²) in [6.45, 7) is 9.22. The van der Waals surface area contributed by atoms with Crippen molar-refractivity contribution in [2.75, 3.05) is 13.1 Å². The van der Waals surface area contributed by atoms with Gasteiger partial charge < -0.3 is 10.2 Å². The maximum Gasteiger partial charge on any atom is 0.239 e. The van der Waals surface area contributed by atoms with Crippen LogP contribution in [0.4, 0.5) is 0 Å². The summed E-state index contributed by atoms with van der Waals surface area (Å²) in [5.41, 5.74) is 0. The molecule has 0 aliphatic rings. The van der Waals surface area contributed by atoms with E-state index in [9.17, 15) is 9.59 Å². The van der Waals surface area contributed by atoms with Gasteiger partial charge in [0.2, 0.25) is 11.8 Å². The van der Waals surface area contributed by atoms with Gasteiger partial charge in [0.15, 0.2) is 0 Å². The van der Waals surface area contributed by atoms with Crippen molar-refractivity contribution < 1.29 is 9.59 Å². The summed E-state index contributed by atoms with van der Waals surface area (Å²) in [4.78, 5) is 23.8. The maximum absolute atomic E-state index is 11.3. The highest BCUT2D eigenvalue weighted by atomic mass is 16.2. The molecular formula is C10H18N2O2. The lowest BCUT2D eigenvalue weighted by Crippen LogP contribution is -2.41. The Kier molecular flexibility index (Phi) is 5.60. The second kappa shape index (κ2) is 6.18. The van der Waals surface area contributed by atoms with E-state index >= 15 is 0 Å². The number of carbonyl (C=O) groups is 2. The van der Waals surface area contributed by atoms with Crippen molar-refractivity contribution in [1.82, 2.24) is 10.2 Å². The van der Waals surface area contributed by atoms with Gasteiger partial charge in [0, 0.05) is 19.5 Å². The largest absolute Gasteiger partial charge is 0.352 e. The summed E-state index contributed by atoms with van der Waals surface area (Å²) < 4.78 is 0. The van der Waals surface area contributed by atoms with Gasteiger partial charge in [-0.2, -0.15) is 0 Å². The van der Waals surface area contributed by atoms with Gasteiger partial charge in [0.1, 0.15) is 0 Å². The third-order valence-corrected chi connectivity index (χ3v) is 1.58. The van der Waals surface area contributed by atoms with E-state index in [0.29, 0.717) is 6.54 Å². The minimum absolute atomic E-state index is 0.0968. The van der Waals surface area contributed by atoms with Crippen LogP contribution in [0.1, 0.15) is 20.8 Å². The third kappa shape index (κ3) is 5.35. The number of hydrogen-bond acceptors (Lipinski definition) is 2. The molecule has 0 rings (SSSR count). The highest BCUT2D eigenvalue weighted by Crippen LogP contribution is 1.90. The molecule has 0 bridgehead atoms. The Morgan fingerprint density at radius 3 is 2.43 bits per heavy atom. The molecule has 1 N–H and O–H groups in total. The lowest BCUT2D eigenvalue weighted by Gasteiger charge is -2.19. The molecule has 0 aromatic carbocycles. The summed E-state index contributed by atoms with van der Waals surface area (Å²) >= 11 is 0. The molecule has 0 aliphatic heterocycles. The van der Waals surface area contributed by atoms with Crippen LogP contribution in [0.2, 0.25) is 0 Å². The monoisotopic (exact) mass is 198 g/mol. The number of amides is 2. The number of nitrogens with one attached hydrogen (secondary N) is 1. The molecule has 0 saturated heterocycles. The van der Waals surface area contributed by atoms with Crippen molar-refractivity contribution in [3.8, 4) is 0 Å². The molecular weight excluding hydrogens is 180 g/mol. The van der Waals surface area contributed by atoms with E-state index in [2.05, 4.69) is 11.9 Å². The maximum atomic E-state index is 11.3. The Bertz CT molecular complexity index is 224. The molecule has 14 heavy (non-hydrogen) atoms. The minimum atomic E-state index is -0.142. The Morgan fingerprint density at radius 1 is 1.50 bits per heavy atom. The Morgan fingerprint density at radius 2 is 2.07 bits per heavy atom. The van der Waals surface area contributed by atoms with Crippen LogP contribution in [0.3, 0.4) is 0 Å². The molecule has 0 aromatic rings. The second-order valence-corrected chi connectivity index (χ2v) is 3.41. The molecule has 0 spiro atoms. The van der Waals surface area contributed by atoms with Gasteiger partial charge >= 0.3 is 0 Å². The van der Waals surface area contributed by atoms with E-state index in [1.807, 2.05) is 13.8 Å². The van der Waals surface area contributed by atoms with Crippen molar-refractivity contribution in [3.63, 3.8) is 0 Å². The van der Waals surface area contributed by atoms with Gasteiger partial charge in [0.25, 0.3) is 0 Å². The Hall–Kier alpha value is -1.32. The summed E-state index contributed by atoms with van der Waals surface area (Å²) in [6.07, 6.45) is 1.60. The van der Waals surface area contributed by atoms with Crippen LogP contribution < -0.4 is 5.32 Å². The highest BCUT2D eigenvalue weighted by Gasteiger charge is 2.12. The molecule has 0 aromatic heterocycles. The van der Waals surface area contributed by atoms with Gasteiger partial charge in [-0.25, -0.2) is 0 Å². The summed E-state index contributed by atoms with van der Waals surface area (Å²) in [5, 5.41) is 2.72. The predicted octanol–water partition coefficient (Wildman–Crippen LogP) is 0.545. The van der Waals surface area contributed by atoms with E-state index < -0.39 is 0 Å². The van der Waals surface area contributed by atoms with Gasteiger partial charge in [0.05, 0.1) is 6.54 Å². The SMILES string of the molecule is C=CCN(CC(=O)NC(C)C)C(C)=O. The van der Waals surface area contributed by atoms with Crippen LogP contribution >= 0.6 is 0 Å². The summed E-state index contributed by atoms with van der Waals surface area (Å²) in [7, 11) is 0. The first-order chi connectivity index (χ1) is 6.47. The van der Waals surface area contributed by atoms with Crippen LogP contribution in [-0.4, -0.2) is 35.8 Å². The number of hydrogen-bond donors (Lipinski definition) is 1. The molecule has 0 heterocycles. The molecule has 4 nitrogen and oxygen atoms in total. The van der Waals surface area contributed by atoms with E-state index in [1.165, 1.54) is 11.8 Å². The average Bonchev–Trinajstić information content (AvgIpc) is 2.01. The fraction of sp³-hybridized carbons (Fsp3) is 0.600. The van der Waals surface area contributed by atoms with Crippen molar-refractivity contribution in [2.24, 2.45) is 0 Å². The standard InChI is InChI=1S/C10H18N2O2/c1-5-6-12(9(4)13)7-10(14)11-8(2)3/h5,8H,1,6-7H2,2-4H3,(H,11,14). The lowest BCUT2D eigenvalue weighted by molar-refractivity contribution is -0.134. The van der Waals surface area contributed by atoms with Crippen LogP contribution in [0, 0.1) is 0 Å². The third-order valence-electron chi connectivity index (χ3n) is 1.58. The fourth-order valence-corrected chi connectivity index (χ4v) is 1.00. The average molecular weight is 198 g/mol. The van der Waals surface area contributed by atoms with Gasteiger partial charge in [-0.05, 0) is 13.8 Å². The van der Waals surface area contributed by atoms with Crippen LogP contribution in [0.15, 0.2) is 12.7 Å². The molecule has 0 atom stereocenters. The number of carbonyl (C=O) groups excluding carboxylic acids is 2. The fourth-order valence-electron chi connectivity index (χ4n) is 1.00. The van der Waals surface area contributed by atoms with E-state index in [-0.39, 0.29) is 24.4 Å². The lowest BCUT2D eigenvalue weighted by atomic mass is 10.3. The zero-order valence-corrected chi connectivity index (χ0v) is 9.04. The van der Waals surface area contributed by atoms with E-state index in [1.54, 1.807) is 6.08 Å². The normalized spacial score (nSPS) is 9.71. The van der Waals surface area contributed by atoms with Crippen molar-refractivity contribution in [3.05, 3.63) is 12.7 Å². The molecule has 0 saturated carbocycles.